The molecular weight excluding hydrogens is 354 g/mol. The molecule has 0 radical (unpaired) electrons. The molecule has 5 nitrogen and oxygen atoms in total. The number of carbonyl (C=O) groups is 2. The van der Waals surface area contributed by atoms with Crippen molar-refractivity contribution < 1.29 is 19.4 Å². The maximum Gasteiger partial charge on any atom is 0.328 e. The molecule has 28 heavy (non-hydrogen) atoms. The molecule has 0 aliphatic carbocycles. The number of ether oxygens (including phenoxy) is 1. The summed E-state index contributed by atoms with van der Waals surface area (Å²) in [6.45, 7) is 4.17. The predicted molar refractivity (Wildman–Crippen MR) is 116 cm³/mol. The van der Waals surface area contributed by atoms with Gasteiger partial charge < -0.3 is 15.2 Å². The van der Waals surface area contributed by atoms with E-state index in [4.69, 9.17) is 9.84 Å². The first kappa shape index (κ1) is 26.9. The normalized spacial score (nSPS) is 12.1. The lowest BCUT2D eigenvalue weighted by Crippen LogP contribution is -2.43. The van der Waals surface area contributed by atoms with Gasteiger partial charge >= 0.3 is 5.97 Å². The molecule has 0 aromatic carbocycles. The average Bonchev–Trinajstić information content (AvgIpc) is 2.65. The summed E-state index contributed by atoms with van der Waals surface area (Å²) in [5.74, 6) is -1.40. The van der Waals surface area contributed by atoms with Gasteiger partial charge in [-0.1, -0.05) is 103 Å². The van der Waals surface area contributed by atoms with Gasteiger partial charge in [0.1, 0.15) is 0 Å². The summed E-state index contributed by atoms with van der Waals surface area (Å²) in [7, 11) is 0. The Hall–Kier alpha value is -1.10. The minimum absolute atomic E-state index is 0.0354. The number of aliphatic carboxylic acids is 1. The minimum Gasteiger partial charge on any atom is -0.480 e. The van der Waals surface area contributed by atoms with Gasteiger partial charge in [-0.3, -0.25) is 4.79 Å². The molecule has 0 aliphatic rings. The molecule has 0 rings (SSSR count). The van der Waals surface area contributed by atoms with Crippen LogP contribution in [0, 0.1) is 0 Å². The molecule has 0 unspecified atom stereocenters. The first-order chi connectivity index (χ1) is 13.6. The molecule has 1 amide bonds. The number of carbonyl (C=O) groups excluding carboxylic acids is 1. The van der Waals surface area contributed by atoms with Crippen LogP contribution in [0.4, 0.5) is 0 Å². The molecule has 5 heteroatoms. The Balaban J connectivity index is 3.23. The highest BCUT2D eigenvalue weighted by atomic mass is 16.5. The third kappa shape index (κ3) is 19.7. The van der Waals surface area contributed by atoms with Gasteiger partial charge in [0.25, 0.3) is 0 Å². The lowest BCUT2D eigenvalue weighted by atomic mass is 10.0. The third-order valence-corrected chi connectivity index (χ3v) is 5.10. The molecule has 166 valence electrons. The molecule has 1 atom stereocenters. The molecular formula is C23H45NO4. The van der Waals surface area contributed by atoms with Crippen LogP contribution < -0.4 is 5.32 Å². The first-order valence-corrected chi connectivity index (χ1v) is 11.7. The first-order valence-electron chi connectivity index (χ1n) is 11.7. The number of carboxylic acids is 1. The van der Waals surface area contributed by atoms with E-state index in [1.807, 2.05) is 0 Å². The second-order valence-electron chi connectivity index (χ2n) is 7.97. The van der Waals surface area contributed by atoms with E-state index < -0.39 is 12.0 Å². The van der Waals surface area contributed by atoms with Crippen LogP contribution in [0.5, 0.6) is 0 Å². The fraction of sp³-hybridized carbons (Fsp3) is 0.913. The van der Waals surface area contributed by atoms with Gasteiger partial charge in [0.15, 0.2) is 6.04 Å². The van der Waals surface area contributed by atoms with Crippen LogP contribution in [0.25, 0.3) is 0 Å². The van der Waals surface area contributed by atoms with Crippen LogP contribution in [-0.4, -0.2) is 36.2 Å². The van der Waals surface area contributed by atoms with Crippen molar-refractivity contribution in [1.82, 2.24) is 5.32 Å². The number of carboxylic acid groups (broad SMARTS) is 1. The highest BCUT2D eigenvalue weighted by Gasteiger charge is 2.17. The van der Waals surface area contributed by atoms with Crippen LogP contribution in [0.15, 0.2) is 0 Å². The number of nitrogens with one attached hydrogen (secondary N) is 1. The number of amides is 1. The molecule has 2 N–H and O–H groups in total. The van der Waals surface area contributed by atoms with Gasteiger partial charge in [0.2, 0.25) is 5.91 Å². The predicted octanol–water partition coefficient (Wildman–Crippen LogP) is 5.85. The van der Waals surface area contributed by atoms with E-state index in [9.17, 15) is 9.59 Å². The molecule has 0 fully saturated rings. The molecule has 0 bridgehead atoms. The van der Waals surface area contributed by atoms with E-state index in [1.54, 1.807) is 0 Å². The fourth-order valence-electron chi connectivity index (χ4n) is 3.37. The monoisotopic (exact) mass is 399 g/mol. The quantitative estimate of drug-likeness (QED) is 0.237. The van der Waals surface area contributed by atoms with Gasteiger partial charge in [-0.15, -0.1) is 0 Å². The Morgan fingerprint density at radius 2 is 1.14 bits per heavy atom. The zero-order valence-electron chi connectivity index (χ0n) is 18.5. The van der Waals surface area contributed by atoms with Crippen molar-refractivity contribution in [2.24, 2.45) is 0 Å². The molecule has 0 spiro atoms. The summed E-state index contributed by atoms with van der Waals surface area (Å²) < 4.78 is 5.38. The summed E-state index contributed by atoms with van der Waals surface area (Å²) in [5.41, 5.74) is 0. The fourth-order valence-corrected chi connectivity index (χ4v) is 3.37. The zero-order chi connectivity index (χ0) is 20.9. The van der Waals surface area contributed by atoms with Gasteiger partial charge in [-0.2, -0.15) is 0 Å². The number of unbranched alkanes of at least 4 members (excludes halogenated alkanes) is 15. The lowest BCUT2D eigenvalue weighted by Gasteiger charge is -2.13. The van der Waals surface area contributed by atoms with Crippen LogP contribution in [0.3, 0.4) is 0 Å². The van der Waals surface area contributed by atoms with Crippen molar-refractivity contribution in [3.05, 3.63) is 0 Å². The Bertz CT molecular complexity index is 374. The average molecular weight is 400 g/mol. The molecule has 0 heterocycles. The Kier molecular flexibility index (Phi) is 19.8. The topological polar surface area (TPSA) is 75.6 Å². The Morgan fingerprint density at radius 1 is 0.750 bits per heavy atom. The summed E-state index contributed by atoms with van der Waals surface area (Å²) in [4.78, 5) is 21.9. The highest BCUT2D eigenvalue weighted by Crippen LogP contribution is 2.13. The number of hydrogen-bond donors (Lipinski definition) is 2. The summed E-state index contributed by atoms with van der Waals surface area (Å²) in [5, 5.41) is 11.3. The van der Waals surface area contributed by atoms with E-state index in [0.717, 1.165) is 12.8 Å². The molecule has 0 aromatic rings. The summed E-state index contributed by atoms with van der Waals surface area (Å²) in [6.07, 6.45) is 21.2. The van der Waals surface area contributed by atoms with Crippen molar-refractivity contribution >= 4 is 11.9 Å². The van der Waals surface area contributed by atoms with E-state index >= 15 is 0 Å². The summed E-state index contributed by atoms with van der Waals surface area (Å²) >= 11 is 0. The van der Waals surface area contributed by atoms with Crippen LogP contribution >= 0.6 is 0 Å². The zero-order valence-corrected chi connectivity index (χ0v) is 18.5. The van der Waals surface area contributed by atoms with Crippen molar-refractivity contribution in [3.8, 4) is 0 Å². The molecule has 0 aliphatic heterocycles. The van der Waals surface area contributed by atoms with Crippen LogP contribution in [0.2, 0.25) is 0 Å². The van der Waals surface area contributed by atoms with Crippen molar-refractivity contribution in [3.63, 3.8) is 0 Å². The largest absolute Gasteiger partial charge is 0.480 e. The Labute approximate surface area is 173 Å². The standard InChI is InChI=1S/C23H45NO4/c1-3-4-5-6-7-8-9-10-11-12-13-14-15-16-17-18-19-28-20-22(23(26)27)24-21(2)25/h22H,3-20H2,1-2H3,(H,24,25)(H,26,27)/t22-/m0/s1. The molecule has 0 aromatic heterocycles. The second kappa shape index (κ2) is 20.6. The lowest BCUT2D eigenvalue weighted by molar-refractivity contribution is -0.143. The van der Waals surface area contributed by atoms with Crippen molar-refractivity contribution in [2.45, 2.75) is 123 Å². The van der Waals surface area contributed by atoms with Gasteiger partial charge in [0, 0.05) is 13.5 Å². The van der Waals surface area contributed by atoms with Gasteiger partial charge in [-0.05, 0) is 6.42 Å². The van der Waals surface area contributed by atoms with Gasteiger partial charge in [0.05, 0.1) is 6.61 Å². The molecule has 0 saturated heterocycles. The second-order valence-corrected chi connectivity index (χ2v) is 7.97. The van der Waals surface area contributed by atoms with Crippen molar-refractivity contribution in [2.75, 3.05) is 13.2 Å². The smallest absolute Gasteiger partial charge is 0.328 e. The third-order valence-electron chi connectivity index (χ3n) is 5.10. The van der Waals surface area contributed by atoms with Crippen molar-refractivity contribution in [1.29, 1.82) is 0 Å². The van der Waals surface area contributed by atoms with E-state index in [2.05, 4.69) is 12.2 Å². The van der Waals surface area contributed by atoms with E-state index in [-0.39, 0.29) is 12.5 Å². The van der Waals surface area contributed by atoms with E-state index in [0.29, 0.717) is 6.61 Å². The van der Waals surface area contributed by atoms with E-state index in [1.165, 1.54) is 96.8 Å². The summed E-state index contributed by atoms with van der Waals surface area (Å²) in [6, 6.07) is -0.946. The van der Waals surface area contributed by atoms with Gasteiger partial charge in [-0.25, -0.2) is 4.79 Å². The van der Waals surface area contributed by atoms with Crippen LogP contribution in [-0.2, 0) is 14.3 Å². The maximum atomic E-state index is 11.0. The minimum atomic E-state index is -1.05. The van der Waals surface area contributed by atoms with Crippen LogP contribution in [0.1, 0.15) is 117 Å². The highest BCUT2D eigenvalue weighted by molar-refractivity contribution is 5.82. The number of rotatable bonds is 21. The SMILES string of the molecule is CCCCCCCCCCCCCCCCCCOC[C@H](NC(C)=O)C(=O)O. The molecule has 0 saturated carbocycles. The maximum absolute atomic E-state index is 11.0. The number of hydrogen-bond acceptors (Lipinski definition) is 3. The Morgan fingerprint density at radius 3 is 1.50 bits per heavy atom.